The molecule has 1 saturated heterocycles. The van der Waals surface area contributed by atoms with E-state index < -0.39 is 12.0 Å². The fourth-order valence-corrected chi connectivity index (χ4v) is 2.95. The first-order valence-corrected chi connectivity index (χ1v) is 7.57. The highest BCUT2D eigenvalue weighted by Gasteiger charge is 2.38. The third-order valence-corrected chi connectivity index (χ3v) is 4.08. The van der Waals surface area contributed by atoms with Crippen molar-refractivity contribution < 1.29 is 13.2 Å². The van der Waals surface area contributed by atoms with Crippen LogP contribution < -0.4 is 4.90 Å². The predicted molar refractivity (Wildman–Crippen MR) is 79.3 cm³/mol. The molecule has 1 atom stereocenters. The zero-order valence-electron chi connectivity index (χ0n) is 13.1. The Balaban J connectivity index is 1.90. The lowest BCUT2D eigenvalue weighted by Crippen LogP contribution is -2.33. The number of aromatic nitrogens is 4. The Morgan fingerprint density at radius 1 is 1.26 bits per heavy atom. The van der Waals surface area contributed by atoms with Crippen molar-refractivity contribution in [3.63, 3.8) is 0 Å². The predicted octanol–water partition coefficient (Wildman–Crippen LogP) is 2.06. The summed E-state index contributed by atoms with van der Waals surface area (Å²) in [5.74, 6) is -0.539. The van der Waals surface area contributed by atoms with Gasteiger partial charge in [0.1, 0.15) is 5.82 Å². The van der Waals surface area contributed by atoms with Gasteiger partial charge in [0.2, 0.25) is 0 Å². The van der Waals surface area contributed by atoms with Crippen molar-refractivity contribution in [1.82, 2.24) is 24.7 Å². The van der Waals surface area contributed by atoms with Crippen LogP contribution in [0.3, 0.4) is 0 Å². The van der Waals surface area contributed by atoms with Crippen LogP contribution in [-0.4, -0.2) is 57.9 Å². The highest BCUT2D eigenvalue weighted by Crippen LogP contribution is 2.29. The molecule has 0 aromatic carbocycles. The van der Waals surface area contributed by atoms with Gasteiger partial charge in [0.05, 0.1) is 0 Å². The quantitative estimate of drug-likeness (QED) is 0.860. The van der Waals surface area contributed by atoms with Crippen LogP contribution in [0.2, 0.25) is 0 Å². The molecule has 0 N–H and O–H groups in total. The molecule has 1 aliphatic rings. The molecule has 0 spiro atoms. The second kappa shape index (κ2) is 5.95. The molecule has 1 aliphatic heterocycles. The Labute approximate surface area is 131 Å². The molecule has 23 heavy (non-hydrogen) atoms. The summed E-state index contributed by atoms with van der Waals surface area (Å²) in [7, 11) is 4.02. The van der Waals surface area contributed by atoms with Crippen molar-refractivity contribution in [1.29, 1.82) is 0 Å². The number of nitrogens with zero attached hydrogens (tertiary/aromatic N) is 6. The molecule has 6 nitrogen and oxygen atoms in total. The van der Waals surface area contributed by atoms with E-state index >= 15 is 0 Å². The van der Waals surface area contributed by atoms with E-state index in [0.717, 1.165) is 36.9 Å². The molecule has 0 amide bonds. The van der Waals surface area contributed by atoms with Gasteiger partial charge in [-0.05, 0) is 52.0 Å². The Morgan fingerprint density at radius 2 is 2.04 bits per heavy atom. The van der Waals surface area contributed by atoms with Gasteiger partial charge in [-0.1, -0.05) is 0 Å². The van der Waals surface area contributed by atoms with Crippen molar-refractivity contribution in [2.24, 2.45) is 0 Å². The summed E-state index contributed by atoms with van der Waals surface area (Å²) in [6.45, 7) is 1.74. The summed E-state index contributed by atoms with van der Waals surface area (Å²) in [5.41, 5.74) is 0.102. The number of rotatable bonds is 4. The van der Waals surface area contributed by atoms with Crippen LogP contribution >= 0.6 is 0 Å². The summed E-state index contributed by atoms with van der Waals surface area (Å²) in [5, 5.41) is 10.9. The zero-order chi connectivity index (χ0) is 16.6. The van der Waals surface area contributed by atoms with Crippen LogP contribution in [0.25, 0.3) is 5.65 Å². The standard InChI is InChI=1S/C14H19F3N6/c1-21(2)9-7-10-4-3-8-22(10)12-6-5-11-18-19-13(14(15,16)17)23(11)20-12/h5-6,10H,3-4,7-9H2,1-2H3. The van der Waals surface area contributed by atoms with E-state index in [2.05, 4.69) is 25.1 Å². The second-order valence-electron chi connectivity index (χ2n) is 6.06. The van der Waals surface area contributed by atoms with Crippen LogP contribution in [0, 0.1) is 0 Å². The minimum atomic E-state index is -4.57. The molecule has 9 heteroatoms. The molecular formula is C14H19F3N6. The Morgan fingerprint density at radius 3 is 2.74 bits per heavy atom. The number of anilines is 1. The molecular weight excluding hydrogens is 309 g/mol. The van der Waals surface area contributed by atoms with Gasteiger partial charge >= 0.3 is 6.18 Å². The molecule has 2 aromatic rings. The first-order chi connectivity index (χ1) is 10.9. The van der Waals surface area contributed by atoms with E-state index in [-0.39, 0.29) is 5.65 Å². The molecule has 0 aliphatic carbocycles. The van der Waals surface area contributed by atoms with Crippen LogP contribution in [0.5, 0.6) is 0 Å². The molecule has 126 valence electrons. The van der Waals surface area contributed by atoms with Gasteiger partial charge in [-0.15, -0.1) is 15.3 Å². The van der Waals surface area contributed by atoms with Crippen LogP contribution in [0.4, 0.5) is 19.0 Å². The summed E-state index contributed by atoms with van der Waals surface area (Å²) in [4.78, 5) is 4.19. The normalized spacial score (nSPS) is 19.2. The lowest BCUT2D eigenvalue weighted by Gasteiger charge is -2.26. The molecule has 1 unspecified atom stereocenters. The van der Waals surface area contributed by atoms with Gasteiger partial charge in [-0.3, -0.25) is 0 Å². The maximum atomic E-state index is 13.0. The van der Waals surface area contributed by atoms with Crippen LogP contribution in [0.1, 0.15) is 25.1 Å². The lowest BCUT2D eigenvalue weighted by molar-refractivity contribution is -0.146. The van der Waals surface area contributed by atoms with Gasteiger partial charge in [0.25, 0.3) is 5.82 Å². The molecule has 3 heterocycles. The lowest BCUT2D eigenvalue weighted by atomic mass is 10.1. The Hall–Kier alpha value is -1.90. The zero-order valence-corrected chi connectivity index (χ0v) is 13.1. The molecule has 0 radical (unpaired) electrons. The largest absolute Gasteiger partial charge is 0.453 e. The Bertz CT molecular complexity index is 681. The third-order valence-electron chi connectivity index (χ3n) is 4.08. The van der Waals surface area contributed by atoms with E-state index in [9.17, 15) is 13.2 Å². The summed E-state index contributed by atoms with van der Waals surface area (Å²) < 4.78 is 39.7. The van der Waals surface area contributed by atoms with E-state index in [1.165, 1.54) is 6.07 Å². The maximum Gasteiger partial charge on any atom is 0.453 e. The number of fused-ring (bicyclic) bond motifs is 1. The maximum absolute atomic E-state index is 13.0. The van der Waals surface area contributed by atoms with Crippen LogP contribution in [-0.2, 0) is 6.18 Å². The van der Waals surface area contributed by atoms with E-state index in [4.69, 9.17) is 0 Å². The Kier molecular flexibility index (Phi) is 4.13. The first kappa shape index (κ1) is 16.0. The molecule has 3 rings (SSSR count). The minimum Gasteiger partial charge on any atom is -0.352 e. The topological polar surface area (TPSA) is 49.6 Å². The fourth-order valence-electron chi connectivity index (χ4n) is 2.95. The minimum absolute atomic E-state index is 0.102. The van der Waals surface area contributed by atoms with Crippen molar-refractivity contribution in [3.8, 4) is 0 Å². The van der Waals surface area contributed by atoms with E-state index in [0.29, 0.717) is 11.9 Å². The van der Waals surface area contributed by atoms with Gasteiger partial charge in [-0.2, -0.15) is 17.7 Å². The molecule has 0 bridgehead atoms. The van der Waals surface area contributed by atoms with Crippen molar-refractivity contribution in [3.05, 3.63) is 18.0 Å². The van der Waals surface area contributed by atoms with Crippen molar-refractivity contribution >= 4 is 11.5 Å². The summed E-state index contributed by atoms with van der Waals surface area (Å²) in [6, 6.07) is 3.55. The summed E-state index contributed by atoms with van der Waals surface area (Å²) in [6.07, 6.45) is -1.56. The average molecular weight is 328 g/mol. The second-order valence-corrected chi connectivity index (χ2v) is 6.06. The SMILES string of the molecule is CN(C)CCC1CCCN1c1ccc2nnc(C(F)(F)F)n2n1. The van der Waals surface area contributed by atoms with Crippen molar-refractivity contribution in [2.75, 3.05) is 32.1 Å². The molecule has 2 aromatic heterocycles. The average Bonchev–Trinajstić information content (AvgIpc) is 3.10. The van der Waals surface area contributed by atoms with Crippen molar-refractivity contribution in [2.45, 2.75) is 31.5 Å². The summed E-state index contributed by atoms with van der Waals surface area (Å²) >= 11 is 0. The van der Waals surface area contributed by atoms with Gasteiger partial charge < -0.3 is 9.80 Å². The highest BCUT2D eigenvalue weighted by molar-refractivity contribution is 5.47. The number of hydrogen-bond acceptors (Lipinski definition) is 5. The number of hydrogen-bond donors (Lipinski definition) is 0. The monoisotopic (exact) mass is 328 g/mol. The first-order valence-electron chi connectivity index (χ1n) is 7.57. The molecule has 0 saturated carbocycles. The van der Waals surface area contributed by atoms with Gasteiger partial charge in [0, 0.05) is 12.6 Å². The van der Waals surface area contributed by atoms with Crippen LogP contribution in [0.15, 0.2) is 12.1 Å². The van der Waals surface area contributed by atoms with Gasteiger partial charge in [0.15, 0.2) is 5.65 Å². The highest BCUT2D eigenvalue weighted by atomic mass is 19.4. The molecule has 1 fully saturated rings. The number of alkyl halides is 3. The fraction of sp³-hybridized carbons (Fsp3) is 0.643. The smallest absolute Gasteiger partial charge is 0.352 e. The number of halogens is 3. The van der Waals surface area contributed by atoms with Gasteiger partial charge in [-0.25, -0.2) is 0 Å². The van der Waals surface area contributed by atoms with E-state index in [1.807, 2.05) is 14.1 Å². The third kappa shape index (κ3) is 3.24. The van der Waals surface area contributed by atoms with E-state index in [1.54, 1.807) is 6.07 Å².